The van der Waals surface area contributed by atoms with Gasteiger partial charge in [-0.05, 0) is 31.6 Å². The van der Waals surface area contributed by atoms with Crippen molar-refractivity contribution in [2.45, 2.75) is 96.1 Å². The van der Waals surface area contributed by atoms with E-state index < -0.39 is 24.7 Å². The summed E-state index contributed by atoms with van der Waals surface area (Å²) in [4.78, 5) is 35.5. The largest absolute Gasteiger partial charge is 0.467 e. The smallest absolute Gasteiger partial charge is 0.330 e. The molecule has 1 aliphatic carbocycles. The lowest BCUT2D eigenvalue weighted by Gasteiger charge is -2.16. The minimum absolute atomic E-state index is 0.0489. The summed E-state index contributed by atoms with van der Waals surface area (Å²) in [6, 6.07) is -1.01. The number of amides is 1. The van der Waals surface area contributed by atoms with Crippen molar-refractivity contribution in [1.29, 1.82) is 0 Å². The van der Waals surface area contributed by atoms with Crippen LogP contribution in [0, 0.1) is 11.8 Å². The second-order valence-corrected chi connectivity index (χ2v) is 8.50. The van der Waals surface area contributed by atoms with Gasteiger partial charge in [0.25, 0.3) is 0 Å². The number of hydrogen-bond donors (Lipinski definition) is 3. The highest BCUT2D eigenvalue weighted by Crippen LogP contribution is 2.34. The highest BCUT2D eigenvalue weighted by molar-refractivity contribution is 5.84. The Morgan fingerprint density at radius 3 is 2.61 bits per heavy atom. The average molecular weight is 440 g/mol. The van der Waals surface area contributed by atoms with Crippen LogP contribution in [0.1, 0.15) is 84.0 Å². The first-order valence-electron chi connectivity index (χ1n) is 11.8. The van der Waals surface area contributed by atoms with Crippen molar-refractivity contribution in [3.8, 4) is 0 Å². The first-order chi connectivity index (χ1) is 14.9. The minimum Gasteiger partial charge on any atom is -0.467 e. The van der Waals surface area contributed by atoms with Crippen LogP contribution < -0.4 is 5.32 Å². The van der Waals surface area contributed by atoms with Crippen molar-refractivity contribution >= 4 is 17.7 Å². The molecule has 0 aromatic rings. The summed E-state index contributed by atoms with van der Waals surface area (Å²) in [5.74, 6) is -0.333. The number of ketones is 1. The first-order valence-corrected chi connectivity index (χ1v) is 11.8. The van der Waals surface area contributed by atoms with Gasteiger partial charge >= 0.3 is 5.97 Å². The lowest BCUT2D eigenvalue weighted by Crippen LogP contribution is -2.43. The second kappa shape index (κ2) is 16.0. The molecule has 0 heterocycles. The average Bonchev–Trinajstić information content (AvgIpc) is 3.11. The molecule has 0 bridgehead atoms. The highest BCUT2D eigenvalue weighted by Gasteiger charge is 2.32. The Hall–Kier alpha value is -1.73. The number of hydrogen-bond acceptors (Lipinski definition) is 6. The number of rotatable bonds is 16. The van der Waals surface area contributed by atoms with Gasteiger partial charge in [-0.1, -0.05) is 57.6 Å². The molecule has 178 valence electrons. The van der Waals surface area contributed by atoms with E-state index in [1.807, 2.05) is 6.08 Å². The van der Waals surface area contributed by atoms with Crippen LogP contribution >= 0.6 is 0 Å². The van der Waals surface area contributed by atoms with E-state index in [2.05, 4.69) is 23.1 Å². The molecule has 1 aliphatic rings. The van der Waals surface area contributed by atoms with Gasteiger partial charge < -0.3 is 20.3 Å². The topological polar surface area (TPSA) is 113 Å². The van der Waals surface area contributed by atoms with Gasteiger partial charge in [0.2, 0.25) is 5.91 Å². The fourth-order valence-corrected chi connectivity index (χ4v) is 4.10. The Morgan fingerprint density at radius 2 is 1.94 bits per heavy atom. The Bertz CT molecular complexity index is 576. The standard InChI is InChI=1S/C24H41NO6/c1-3-4-7-10-19(27)15-13-18-14-16-22(28)20(18)11-8-5-6-9-12-23(29)25-21(17-26)24(30)31-2/h13,15,18-21,26-27H,3-12,14,16-17H2,1-2H3,(H,25,29)/b15-13+/t18-,19+,20+,21+/m0/s1. The van der Waals surface area contributed by atoms with Crippen LogP contribution in [0.15, 0.2) is 12.2 Å². The summed E-state index contributed by atoms with van der Waals surface area (Å²) in [5.41, 5.74) is 0. The van der Waals surface area contributed by atoms with E-state index in [0.29, 0.717) is 18.6 Å². The number of aliphatic hydroxyl groups excluding tert-OH is 2. The molecule has 0 aliphatic heterocycles. The van der Waals surface area contributed by atoms with Crippen molar-refractivity contribution in [3.05, 3.63) is 12.2 Å². The predicted octanol–water partition coefficient (Wildman–Crippen LogP) is 3.07. The normalized spacial score (nSPS) is 20.7. The number of carbonyl (C=O) groups is 3. The Morgan fingerprint density at radius 1 is 1.19 bits per heavy atom. The van der Waals surface area contributed by atoms with Gasteiger partial charge in [0.15, 0.2) is 6.04 Å². The molecule has 31 heavy (non-hydrogen) atoms. The summed E-state index contributed by atoms with van der Waals surface area (Å²) in [7, 11) is 1.21. The number of methoxy groups -OCH3 is 1. The van der Waals surface area contributed by atoms with Crippen molar-refractivity contribution in [3.63, 3.8) is 0 Å². The van der Waals surface area contributed by atoms with E-state index in [1.54, 1.807) is 0 Å². The molecule has 0 aromatic carbocycles. The molecule has 0 saturated heterocycles. The van der Waals surface area contributed by atoms with Crippen molar-refractivity contribution < 1.29 is 29.3 Å². The van der Waals surface area contributed by atoms with Crippen LogP contribution in [0.3, 0.4) is 0 Å². The van der Waals surface area contributed by atoms with E-state index in [0.717, 1.165) is 57.8 Å². The van der Waals surface area contributed by atoms with E-state index in [9.17, 15) is 19.5 Å². The van der Waals surface area contributed by atoms with Gasteiger partial charge in [-0.25, -0.2) is 4.79 Å². The van der Waals surface area contributed by atoms with Crippen LogP contribution in [-0.2, 0) is 19.1 Å². The van der Waals surface area contributed by atoms with Gasteiger partial charge in [-0.2, -0.15) is 0 Å². The molecule has 1 saturated carbocycles. The SMILES string of the molecule is CCCCC[C@@H](O)/C=C/[C@H]1CCC(=O)[C@@H]1CCCCCCC(=O)N[C@H](CO)C(=O)OC. The van der Waals surface area contributed by atoms with Crippen LogP contribution in [0.5, 0.6) is 0 Å². The summed E-state index contributed by atoms with van der Waals surface area (Å²) in [6.45, 7) is 1.66. The van der Waals surface area contributed by atoms with Gasteiger partial charge in [0.1, 0.15) is 5.78 Å². The van der Waals surface area contributed by atoms with Crippen molar-refractivity contribution in [2.75, 3.05) is 13.7 Å². The summed E-state index contributed by atoms with van der Waals surface area (Å²) >= 11 is 0. The van der Waals surface area contributed by atoms with Crippen LogP contribution in [0.25, 0.3) is 0 Å². The molecule has 3 N–H and O–H groups in total. The number of esters is 1. The molecule has 1 rings (SSSR count). The lowest BCUT2D eigenvalue weighted by molar-refractivity contribution is -0.146. The third kappa shape index (κ3) is 10.9. The monoisotopic (exact) mass is 439 g/mol. The third-order valence-corrected chi connectivity index (χ3v) is 6.01. The third-order valence-electron chi connectivity index (χ3n) is 6.01. The fraction of sp³-hybridized carbons (Fsp3) is 0.792. The number of ether oxygens (including phenoxy) is 1. The minimum atomic E-state index is -1.01. The maximum absolute atomic E-state index is 12.3. The van der Waals surface area contributed by atoms with Gasteiger partial charge in [-0.3, -0.25) is 9.59 Å². The number of carbonyl (C=O) groups excluding carboxylic acids is 3. The Balaban J connectivity index is 2.25. The van der Waals surface area contributed by atoms with E-state index in [-0.39, 0.29) is 24.2 Å². The fourth-order valence-electron chi connectivity index (χ4n) is 4.10. The van der Waals surface area contributed by atoms with Crippen LogP contribution in [-0.4, -0.2) is 53.7 Å². The molecule has 0 spiro atoms. The van der Waals surface area contributed by atoms with Crippen molar-refractivity contribution in [1.82, 2.24) is 5.32 Å². The molecule has 7 nitrogen and oxygen atoms in total. The number of nitrogens with one attached hydrogen (secondary N) is 1. The Kier molecular flexibility index (Phi) is 14.1. The maximum Gasteiger partial charge on any atom is 0.330 e. The highest BCUT2D eigenvalue weighted by atomic mass is 16.5. The summed E-state index contributed by atoms with van der Waals surface area (Å²) in [6.07, 6.45) is 13.6. The lowest BCUT2D eigenvalue weighted by atomic mass is 9.89. The predicted molar refractivity (Wildman–Crippen MR) is 119 cm³/mol. The van der Waals surface area contributed by atoms with Crippen LogP contribution in [0.4, 0.5) is 0 Å². The van der Waals surface area contributed by atoms with Gasteiger partial charge in [0, 0.05) is 18.8 Å². The van der Waals surface area contributed by atoms with Gasteiger partial charge in [-0.15, -0.1) is 0 Å². The summed E-state index contributed by atoms with van der Waals surface area (Å²) < 4.78 is 4.52. The molecule has 7 heteroatoms. The number of unbranched alkanes of at least 4 members (excludes halogenated alkanes) is 5. The Labute approximate surface area is 186 Å². The molecule has 1 fully saturated rings. The quantitative estimate of drug-likeness (QED) is 0.194. The maximum atomic E-state index is 12.3. The molecule has 4 atom stereocenters. The zero-order chi connectivity index (χ0) is 23.1. The van der Waals surface area contributed by atoms with Crippen molar-refractivity contribution in [2.24, 2.45) is 11.8 Å². The van der Waals surface area contributed by atoms with E-state index in [4.69, 9.17) is 5.11 Å². The zero-order valence-corrected chi connectivity index (χ0v) is 19.2. The molecule has 0 radical (unpaired) electrons. The molecule has 0 unspecified atom stereocenters. The number of aliphatic hydroxyl groups is 2. The molecule has 0 aromatic heterocycles. The number of Topliss-reactive ketones (excluding diaryl/α,β-unsaturated/α-hetero) is 1. The first kappa shape index (κ1) is 27.3. The molecular weight excluding hydrogens is 398 g/mol. The zero-order valence-electron chi connectivity index (χ0n) is 19.2. The van der Waals surface area contributed by atoms with E-state index >= 15 is 0 Å². The van der Waals surface area contributed by atoms with Gasteiger partial charge in [0.05, 0.1) is 19.8 Å². The summed E-state index contributed by atoms with van der Waals surface area (Å²) in [5, 5.41) is 21.7. The van der Waals surface area contributed by atoms with E-state index in [1.165, 1.54) is 7.11 Å². The number of allylic oxidation sites excluding steroid dienone is 1. The van der Waals surface area contributed by atoms with Crippen LogP contribution in [0.2, 0.25) is 0 Å². The second-order valence-electron chi connectivity index (χ2n) is 8.50. The molecular formula is C24H41NO6. The molecule has 1 amide bonds.